The second-order valence-electron chi connectivity index (χ2n) is 5.68. The summed E-state index contributed by atoms with van der Waals surface area (Å²) < 4.78 is 54.5. The van der Waals surface area contributed by atoms with Gasteiger partial charge in [0.05, 0.1) is 5.31 Å². The molecule has 0 saturated carbocycles. The Morgan fingerprint density at radius 1 is 1.08 bits per heavy atom. The van der Waals surface area contributed by atoms with E-state index >= 15 is 0 Å². The summed E-state index contributed by atoms with van der Waals surface area (Å²) in [6.45, 7) is 7.33. The summed E-state index contributed by atoms with van der Waals surface area (Å²) in [6, 6.07) is 14.2. The van der Waals surface area contributed by atoms with E-state index in [9.17, 15) is 17.7 Å². The van der Waals surface area contributed by atoms with E-state index in [0.29, 0.717) is 16.2 Å². The molecule has 0 amide bonds. The average molecular weight is 366 g/mol. The maximum atomic E-state index is 13.8. The van der Waals surface area contributed by atoms with Gasteiger partial charge in [0, 0.05) is 11.0 Å². The number of rotatable bonds is 5. The first-order valence-electron chi connectivity index (χ1n) is 7.60. The molecule has 0 aliphatic carbocycles. The second-order valence-corrected chi connectivity index (χ2v) is 9.00. The molecule has 0 radical (unpaired) electrons. The fourth-order valence-electron chi connectivity index (χ4n) is 2.56. The van der Waals surface area contributed by atoms with Crippen LogP contribution in [0.5, 0.6) is 5.75 Å². The van der Waals surface area contributed by atoms with Crippen LogP contribution in [0.2, 0.25) is 0 Å². The van der Waals surface area contributed by atoms with Crippen LogP contribution in [0.4, 0.5) is 13.2 Å². The highest BCUT2D eigenvalue weighted by Crippen LogP contribution is 2.60. The monoisotopic (exact) mass is 366 g/mol. The molecular formula is C19H18F3O2P. The smallest absolute Gasteiger partial charge is 0.406 e. The highest BCUT2D eigenvalue weighted by molar-refractivity contribution is 7.81. The number of alkyl halides is 3. The van der Waals surface area contributed by atoms with Crippen molar-refractivity contribution in [2.75, 3.05) is 0 Å². The highest BCUT2D eigenvalue weighted by Gasteiger charge is 2.34. The Hall–Kier alpha value is -2.22. The van der Waals surface area contributed by atoms with E-state index in [4.69, 9.17) is 0 Å². The molecule has 0 aliphatic rings. The number of halogens is 3. The van der Waals surface area contributed by atoms with Crippen molar-refractivity contribution in [1.82, 2.24) is 0 Å². The average Bonchev–Trinajstić information content (AvgIpc) is 2.56. The molecule has 6 heteroatoms. The number of benzene rings is 2. The van der Waals surface area contributed by atoms with Gasteiger partial charge >= 0.3 is 6.36 Å². The Bertz CT molecular complexity index is 818. The fraction of sp³-hybridized carbons (Fsp3) is 0.211. The largest absolute Gasteiger partial charge is 0.573 e. The number of ether oxygens (including phenoxy) is 1. The maximum absolute atomic E-state index is 13.8. The first-order valence-corrected chi connectivity index (χ1v) is 9.38. The predicted octanol–water partition coefficient (Wildman–Crippen LogP) is 5.81. The summed E-state index contributed by atoms with van der Waals surface area (Å²) in [4.78, 5) is 0. The van der Waals surface area contributed by atoms with E-state index in [1.165, 1.54) is 24.3 Å². The lowest BCUT2D eigenvalue weighted by Gasteiger charge is -2.24. The van der Waals surface area contributed by atoms with Crippen LogP contribution in [0.15, 0.2) is 66.9 Å². The lowest BCUT2D eigenvalue weighted by atomic mass is 10.2. The van der Waals surface area contributed by atoms with Crippen molar-refractivity contribution in [2.24, 2.45) is 0 Å². The zero-order valence-electron chi connectivity index (χ0n) is 13.9. The standard InChI is InChI=1S/C19H18F3O2P/c1-4-18(15-10-12-16(13-11-15)24-19(20,21)22)25(23,14(2)3)17-8-6-5-7-9-17/h5-14H,1H2,2-3H3/t25-/m0/s1. The molecule has 0 bridgehead atoms. The fourth-order valence-corrected chi connectivity index (χ4v) is 5.31. The molecule has 25 heavy (non-hydrogen) atoms. The van der Waals surface area contributed by atoms with Crippen molar-refractivity contribution in [3.8, 4) is 5.75 Å². The first kappa shape index (κ1) is 19.1. The molecule has 0 aliphatic heterocycles. The lowest BCUT2D eigenvalue weighted by molar-refractivity contribution is -0.274. The van der Waals surface area contributed by atoms with E-state index in [0.717, 1.165) is 0 Å². The molecule has 0 heterocycles. The van der Waals surface area contributed by atoms with E-state index in [1.807, 2.05) is 19.9 Å². The van der Waals surface area contributed by atoms with Crippen LogP contribution in [-0.2, 0) is 4.57 Å². The highest BCUT2D eigenvalue weighted by atomic mass is 31.2. The molecule has 132 valence electrons. The number of hydrogen-bond donors (Lipinski definition) is 0. The van der Waals surface area contributed by atoms with Gasteiger partial charge in [-0.1, -0.05) is 50.8 Å². The number of hydrogen-bond acceptors (Lipinski definition) is 2. The SMILES string of the molecule is C=C=C(c1ccc(OC(F)(F)F)cc1)[P@@](=O)(c1ccccc1)C(C)C. The minimum absolute atomic E-state index is 0.217. The summed E-state index contributed by atoms with van der Waals surface area (Å²) >= 11 is 0. The summed E-state index contributed by atoms with van der Waals surface area (Å²) in [7, 11) is -3.05. The Balaban J connectivity index is 2.48. The van der Waals surface area contributed by atoms with Crippen molar-refractivity contribution in [2.45, 2.75) is 25.9 Å². The Labute approximate surface area is 145 Å². The molecule has 0 N–H and O–H groups in total. The van der Waals surface area contributed by atoms with Gasteiger partial charge in [-0.05, 0) is 29.8 Å². The molecule has 0 spiro atoms. The molecule has 1 atom stereocenters. The van der Waals surface area contributed by atoms with Gasteiger partial charge in [-0.3, -0.25) is 0 Å². The third-order valence-electron chi connectivity index (χ3n) is 3.73. The second kappa shape index (κ2) is 7.35. The molecule has 0 unspecified atom stereocenters. The van der Waals surface area contributed by atoms with Crippen LogP contribution >= 0.6 is 7.14 Å². The van der Waals surface area contributed by atoms with E-state index < -0.39 is 13.5 Å². The topological polar surface area (TPSA) is 26.3 Å². The lowest BCUT2D eigenvalue weighted by Crippen LogP contribution is -2.17. The van der Waals surface area contributed by atoms with Crippen LogP contribution in [0, 0.1) is 0 Å². The van der Waals surface area contributed by atoms with Gasteiger partial charge in [-0.25, -0.2) is 0 Å². The third-order valence-corrected chi connectivity index (χ3v) is 7.33. The van der Waals surface area contributed by atoms with Crippen molar-refractivity contribution in [3.05, 3.63) is 72.5 Å². The normalized spacial score (nSPS) is 13.8. The van der Waals surface area contributed by atoms with Crippen molar-refractivity contribution in [1.29, 1.82) is 0 Å². The van der Waals surface area contributed by atoms with Gasteiger partial charge in [-0.2, -0.15) is 0 Å². The quantitative estimate of drug-likeness (QED) is 0.493. The van der Waals surface area contributed by atoms with Gasteiger partial charge < -0.3 is 9.30 Å². The van der Waals surface area contributed by atoms with E-state index in [-0.39, 0.29) is 11.4 Å². The van der Waals surface area contributed by atoms with Crippen LogP contribution in [0.3, 0.4) is 0 Å². The molecule has 2 rings (SSSR count). The van der Waals surface area contributed by atoms with Crippen molar-refractivity contribution >= 4 is 17.8 Å². The van der Waals surface area contributed by atoms with Gasteiger partial charge in [0.1, 0.15) is 5.75 Å². The van der Waals surface area contributed by atoms with Crippen molar-refractivity contribution < 1.29 is 22.5 Å². The minimum atomic E-state index is -4.75. The molecule has 2 aromatic carbocycles. The Kier molecular flexibility index (Phi) is 5.62. The summed E-state index contributed by atoms with van der Waals surface area (Å²) in [5.74, 6) is -0.334. The zero-order valence-corrected chi connectivity index (χ0v) is 14.8. The summed E-state index contributed by atoms with van der Waals surface area (Å²) in [5, 5.41) is 1.05. The van der Waals surface area contributed by atoms with Crippen LogP contribution in [0.1, 0.15) is 19.4 Å². The third kappa shape index (κ3) is 4.25. The Morgan fingerprint density at radius 3 is 2.08 bits per heavy atom. The summed E-state index contributed by atoms with van der Waals surface area (Å²) in [6.07, 6.45) is -4.75. The summed E-state index contributed by atoms with van der Waals surface area (Å²) in [5.41, 5.74) is 3.03. The molecular weight excluding hydrogens is 348 g/mol. The van der Waals surface area contributed by atoms with Gasteiger partial charge in [0.2, 0.25) is 0 Å². The van der Waals surface area contributed by atoms with Crippen LogP contribution < -0.4 is 10.0 Å². The first-order chi connectivity index (χ1) is 11.7. The van der Waals surface area contributed by atoms with E-state index in [1.54, 1.807) is 24.3 Å². The van der Waals surface area contributed by atoms with Gasteiger partial charge in [0.15, 0.2) is 7.14 Å². The molecule has 0 fully saturated rings. The van der Waals surface area contributed by atoms with Crippen LogP contribution in [0.25, 0.3) is 5.31 Å². The van der Waals surface area contributed by atoms with Gasteiger partial charge in [-0.15, -0.1) is 18.9 Å². The molecule has 2 nitrogen and oxygen atoms in total. The Morgan fingerprint density at radius 2 is 1.64 bits per heavy atom. The minimum Gasteiger partial charge on any atom is -0.406 e. The van der Waals surface area contributed by atoms with Crippen molar-refractivity contribution in [3.63, 3.8) is 0 Å². The molecule has 2 aromatic rings. The molecule has 0 aromatic heterocycles. The van der Waals surface area contributed by atoms with E-state index in [2.05, 4.69) is 17.0 Å². The predicted molar refractivity (Wildman–Crippen MR) is 94.5 cm³/mol. The van der Waals surface area contributed by atoms with Crippen LogP contribution in [-0.4, -0.2) is 12.0 Å². The maximum Gasteiger partial charge on any atom is 0.573 e. The zero-order chi connectivity index (χ0) is 18.7. The van der Waals surface area contributed by atoms with Gasteiger partial charge in [0.25, 0.3) is 0 Å². The molecule has 0 saturated heterocycles.